The van der Waals surface area contributed by atoms with Crippen LogP contribution in [-0.2, 0) is 16.4 Å². The van der Waals surface area contributed by atoms with Gasteiger partial charge in [-0.2, -0.15) is 0 Å². The third kappa shape index (κ3) is 5.58. The van der Waals surface area contributed by atoms with E-state index in [1.807, 2.05) is 13.8 Å². The first-order chi connectivity index (χ1) is 16.9. The zero-order chi connectivity index (χ0) is 26.2. The Hall–Kier alpha value is -3.70. The molecule has 2 aromatic carbocycles. The average Bonchev–Trinajstić information content (AvgIpc) is 2.77. The molecule has 8 nitrogen and oxygen atoms in total. The molecule has 1 atom stereocenters. The maximum atomic E-state index is 13.8. The van der Waals surface area contributed by atoms with Crippen molar-refractivity contribution in [3.8, 4) is 5.69 Å². The molecule has 1 unspecified atom stereocenters. The SMILES string of the molecule is CC(C)c1ccc(-n2c(C(N)Cc3cc(F)cc(F)c3)nc3cc(NS(C)(=O)=O)ccc3c2=O)cn1. The number of aromatic nitrogens is 3. The Kier molecular flexibility index (Phi) is 6.87. The summed E-state index contributed by atoms with van der Waals surface area (Å²) in [5.74, 6) is -1.18. The van der Waals surface area contributed by atoms with Crippen LogP contribution in [-0.4, -0.2) is 29.2 Å². The van der Waals surface area contributed by atoms with Crippen LogP contribution >= 0.6 is 0 Å². The maximum absolute atomic E-state index is 13.8. The zero-order valence-electron chi connectivity index (χ0n) is 19.9. The van der Waals surface area contributed by atoms with Crippen molar-refractivity contribution < 1.29 is 17.2 Å². The zero-order valence-corrected chi connectivity index (χ0v) is 20.7. The lowest BCUT2D eigenvalue weighted by Gasteiger charge is -2.19. The van der Waals surface area contributed by atoms with Crippen LogP contribution in [0.4, 0.5) is 14.5 Å². The molecule has 0 bridgehead atoms. The van der Waals surface area contributed by atoms with Crippen molar-refractivity contribution in [2.45, 2.75) is 32.2 Å². The second-order valence-corrected chi connectivity index (χ2v) is 10.6. The predicted molar refractivity (Wildman–Crippen MR) is 135 cm³/mol. The molecule has 0 aliphatic heterocycles. The number of anilines is 1. The van der Waals surface area contributed by atoms with Gasteiger partial charge in [-0.3, -0.25) is 19.1 Å². The normalized spacial score (nSPS) is 12.8. The van der Waals surface area contributed by atoms with Gasteiger partial charge in [-0.25, -0.2) is 22.2 Å². The summed E-state index contributed by atoms with van der Waals surface area (Å²) in [5, 5.41) is 0.231. The predicted octanol–water partition coefficient (Wildman–Crippen LogP) is 3.80. The van der Waals surface area contributed by atoms with E-state index in [1.54, 1.807) is 18.3 Å². The van der Waals surface area contributed by atoms with Crippen molar-refractivity contribution >= 4 is 26.6 Å². The first-order valence-corrected chi connectivity index (χ1v) is 13.0. The van der Waals surface area contributed by atoms with Crippen LogP contribution in [0.1, 0.15) is 42.9 Å². The van der Waals surface area contributed by atoms with Gasteiger partial charge < -0.3 is 5.73 Å². The highest BCUT2D eigenvalue weighted by Gasteiger charge is 2.20. The average molecular weight is 514 g/mol. The van der Waals surface area contributed by atoms with Gasteiger partial charge in [-0.05, 0) is 60.4 Å². The van der Waals surface area contributed by atoms with Crippen LogP contribution in [0.3, 0.4) is 0 Å². The van der Waals surface area contributed by atoms with Gasteiger partial charge in [0.1, 0.15) is 17.5 Å². The molecule has 0 aliphatic carbocycles. The molecule has 0 fully saturated rings. The molecular weight excluding hydrogens is 488 g/mol. The second kappa shape index (κ2) is 9.75. The summed E-state index contributed by atoms with van der Waals surface area (Å²) in [7, 11) is -3.56. The minimum Gasteiger partial charge on any atom is -0.321 e. The fourth-order valence-corrected chi connectivity index (χ4v) is 4.48. The van der Waals surface area contributed by atoms with Crippen LogP contribution in [0.2, 0.25) is 0 Å². The Morgan fingerprint density at radius 2 is 1.75 bits per heavy atom. The van der Waals surface area contributed by atoms with Gasteiger partial charge in [0.25, 0.3) is 5.56 Å². The summed E-state index contributed by atoms with van der Waals surface area (Å²) >= 11 is 0. The second-order valence-electron chi connectivity index (χ2n) is 8.90. The number of benzene rings is 2. The highest BCUT2D eigenvalue weighted by molar-refractivity contribution is 7.92. The molecule has 4 aromatic rings. The molecule has 188 valence electrons. The number of hydrogen-bond acceptors (Lipinski definition) is 6. The Bertz CT molecular complexity index is 1580. The number of hydrogen-bond donors (Lipinski definition) is 2. The Balaban J connectivity index is 1.90. The highest BCUT2D eigenvalue weighted by atomic mass is 32.2. The van der Waals surface area contributed by atoms with Crippen molar-refractivity contribution in [2.75, 3.05) is 11.0 Å². The molecule has 11 heteroatoms. The number of nitrogens with two attached hydrogens (primary N) is 1. The smallest absolute Gasteiger partial charge is 0.266 e. The van der Waals surface area contributed by atoms with Gasteiger partial charge in [-0.1, -0.05) is 13.8 Å². The standard InChI is InChI=1S/C25H25F2N5O3S/c1-14(2)22-7-5-19(13-29-22)32-24(21(28)10-15-8-16(26)11-17(27)9-15)30-23-12-18(31-36(3,34)35)4-6-20(23)25(32)33/h4-9,11-14,21,31H,10,28H2,1-3H3. The lowest BCUT2D eigenvalue weighted by Crippen LogP contribution is -2.29. The summed E-state index contributed by atoms with van der Waals surface area (Å²) < 4.78 is 54.5. The summed E-state index contributed by atoms with van der Waals surface area (Å²) in [6.45, 7) is 3.99. The van der Waals surface area contributed by atoms with Gasteiger partial charge >= 0.3 is 0 Å². The monoisotopic (exact) mass is 513 g/mol. The van der Waals surface area contributed by atoms with Gasteiger partial charge in [0.05, 0.1) is 40.8 Å². The first kappa shape index (κ1) is 25.4. The van der Waals surface area contributed by atoms with Gasteiger partial charge in [0.15, 0.2) is 0 Å². The van der Waals surface area contributed by atoms with Crippen LogP contribution in [0.25, 0.3) is 16.6 Å². The van der Waals surface area contributed by atoms with E-state index in [2.05, 4.69) is 14.7 Å². The maximum Gasteiger partial charge on any atom is 0.266 e. The number of rotatable bonds is 7. The minimum atomic E-state index is -3.56. The lowest BCUT2D eigenvalue weighted by atomic mass is 10.0. The molecule has 3 N–H and O–H groups in total. The van der Waals surface area contributed by atoms with Crippen LogP contribution in [0.15, 0.2) is 59.5 Å². The molecule has 0 saturated carbocycles. The molecule has 0 spiro atoms. The summed E-state index contributed by atoms with van der Waals surface area (Å²) in [5.41, 5.74) is 7.99. The van der Waals surface area contributed by atoms with Crippen molar-refractivity contribution in [3.05, 3.63) is 93.8 Å². The molecule has 36 heavy (non-hydrogen) atoms. The third-order valence-electron chi connectivity index (χ3n) is 5.53. The molecule has 4 rings (SSSR count). The van der Waals surface area contributed by atoms with Gasteiger partial charge in [0.2, 0.25) is 10.0 Å². The van der Waals surface area contributed by atoms with E-state index in [9.17, 15) is 22.0 Å². The fourth-order valence-electron chi connectivity index (χ4n) is 3.92. The van der Waals surface area contributed by atoms with E-state index in [0.29, 0.717) is 11.3 Å². The van der Waals surface area contributed by atoms with E-state index in [1.165, 1.54) is 34.9 Å². The van der Waals surface area contributed by atoms with Crippen molar-refractivity contribution in [1.82, 2.24) is 14.5 Å². The van der Waals surface area contributed by atoms with E-state index in [0.717, 1.165) is 18.0 Å². The third-order valence-corrected chi connectivity index (χ3v) is 6.14. The molecule has 0 radical (unpaired) electrons. The number of sulfonamides is 1. The Morgan fingerprint density at radius 3 is 2.33 bits per heavy atom. The van der Waals surface area contributed by atoms with Gasteiger partial charge in [-0.15, -0.1) is 0 Å². The van der Waals surface area contributed by atoms with E-state index < -0.39 is 33.3 Å². The fraction of sp³-hybridized carbons (Fsp3) is 0.240. The highest BCUT2D eigenvalue weighted by Crippen LogP contribution is 2.23. The Labute approximate surface area is 206 Å². The molecule has 2 heterocycles. The van der Waals surface area contributed by atoms with E-state index in [4.69, 9.17) is 5.73 Å². The molecule has 0 saturated heterocycles. The van der Waals surface area contributed by atoms with Crippen LogP contribution < -0.4 is 16.0 Å². The van der Waals surface area contributed by atoms with E-state index in [-0.39, 0.29) is 34.8 Å². The quantitative estimate of drug-likeness (QED) is 0.388. The first-order valence-electron chi connectivity index (χ1n) is 11.1. The van der Waals surface area contributed by atoms with Crippen molar-refractivity contribution in [1.29, 1.82) is 0 Å². The number of halogens is 2. The largest absolute Gasteiger partial charge is 0.321 e. The van der Waals surface area contributed by atoms with Gasteiger partial charge in [0, 0.05) is 11.8 Å². The van der Waals surface area contributed by atoms with Crippen molar-refractivity contribution in [3.63, 3.8) is 0 Å². The van der Waals surface area contributed by atoms with Crippen LogP contribution in [0.5, 0.6) is 0 Å². The number of nitrogens with zero attached hydrogens (tertiary/aromatic N) is 3. The molecule has 2 aromatic heterocycles. The molecular formula is C25H25F2N5O3S. The Morgan fingerprint density at radius 1 is 1.06 bits per heavy atom. The summed E-state index contributed by atoms with van der Waals surface area (Å²) in [4.78, 5) is 22.6. The van der Waals surface area contributed by atoms with Crippen molar-refractivity contribution in [2.24, 2.45) is 5.73 Å². The number of nitrogens with one attached hydrogen (secondary N) is 1. The topological polar surface area (TPSA) is 120 Å². The molecule has 0 amide bonds. The molecule has 0 aliphatic rings. The number of pyridine rings is 1. The lowest BCUT2D eigenvalue weighted by molar-refractivity contribution is 0.572. The van der Waals surface area contributed by atoms with E-state index >= 15 is 0 Å². The summed E-state index contributed by atoms with van der Waals surface area (Å²) in [6.07, 6.45) is 2.54. The summed E-state index contributed by atoms with van der Waals surface area (Å²) in [6, 6.07) is 10.1. The number of fused-ring (bicyclic) bond motifs is 1. The minimum absolute atomic E-state index is 0.00852. The van der Waals surface area contributed by atoms with Crippen LogP contribution in [0, 0.1) is 11.6 Å².